The Morgan fingerprint density at radius 3 is 1.04 bits per heavy atom. The number of para-hydroxylation sites is 1. The van der Waals surface area contributed by atoms with E-state index in [9.17, 15) is 43.2 Å². The molecule has 0 aliphatic heterocycles. The van der Waals surface area contributed by atoms with E-state index in [-0.39, 0.29) is 116 Å². The van der Waals surface area contributed by atoms with E-state index in [0.717, 1.165) is 25.7 Å². The zero-order valence-electron chi connectivity index (χ0n) is 65.8. The molecule has 2 aliphatic carbocycles. The molecule has 2 fully saturated rings. The molecule has 95 heavy (non-hydrogen) atoms. The summed E-state index contributed by atoms with van der Waals surface area (Å²) in [6.45, 7) is 61.2. The van der Waals surface area contributed by atoms with E-state index >= 15 is 0 Å². The number of benzene rings is 2. The standard InChI is InChI=1S/2C11H14O2.2C10H18O2.2C8H16O2.C7H14O2.2C6H12O2/c1-11(2,3)10(12)13-9-7-5-4-6-8-9;1-11(2,3)13-10(12)9-7-5-4-6-8-9;1-10(2,3)9(11)12-8-6-4-5-7-8;1-10(2,3)12-9(11)8-6-4-5-7-8;1-6(2)10-7(9)8(3,4)5;1-6(2)7(9)10-8(3,4)5;1-5-9-6(8)7(2,3)4;1-6(2,3)5(7)8-4;1-5(7)8-6(2,3)4/h2*4-8H,1-3H3;2*8H,4-7H2,1-3H3;2*6H,1-5H3;5H2,1-4H3;2*1-4H3. The highest BCUT2D eigenvalue weighted by Gasteiger charge is 2.30. The summed E-state index contributed by atoms with van der Waals surface area (Å²) < 4.78 is 45.0. The van der Waals surface area contributed by atoms with Gasteiger partial charge in [-0.05, 0) is 271 Å². The summed E-state index contributed by atoms with van der Waals surface area (Å²) in [5.41, 5.74) is -2.69. The molecular weight excluding hydrogens is 1210 g/mol. The Hall–Kier alpha value is -6.33. The van der Waals surface area contributed by atoms with Gasteiger partial charge in [-0.2, -0.15) is 0 Å². The first kappa shape index (κ1) is 97.4. The Labute approximate surface area is 576 Å². The van der Waals surface area contributed by atoms with Gasteiger partial charge in [-0.3, -0.25) is 38.4 Å². The van der Waals surface area contributed by atoms with Gasteiger partial charge in [-0.15, -0.1) is 0 Å². The Morgan fingerprint density at radius 1 is 0.432 bits per heavy atom. The van der Waals surface area contributed by atoms with Crippen LogP contribution in [0.1, 0.15) is 290 Å². The van der Waals surface area contributed by atoms with Gasteiger partial charge >= 0.3 is 53.7 Å². The second kappa shape index (κ2) is 45.2. The minimum Gasteiger partial charge on any atom is -0.469 e. The molecule has 2 saturated carbocycles. The molecule has 0 radical (unpaired) electrons. The van der Waals surface area contributed by atoms with E-state index in [1.807, 2.05) is 258 Å². The summed E-state index contributed by atoms with van der Waals surface area (Å²) in [6, 6.07) is 18.1. The van der Waals surface area contributed by atoms with Crippen molar-refractivity contribution >= 4 is 53.7 Å². The van der Waals surface area contributed by atoms with Crippen molar-refractivity contribution in [3.8, 4) is 5.75 Å². The maximum Gasteiger partial charge on any atom is 0.338 e. The number of ether oxygens (including phenoxy) is 9. The van der Waals surface area contributed by atoms with Crippen molar-refractivity contribution in [1.82, 2.24) is 0 Å². The Kier molecular flexibility index (Phi) is 46.3. The predicted octanol–water partition coefficient (Wildman–Crippen LogP) is 18.4. The van der Waals surface area contributed by atoms with Crippen LogP contribution < -0.4 is 4.74 Å². The number of hydrogen-bond donors (Lipinski definition) is 0. The molecule has 0 bridgehead atoms. The van der Waals surface area contributed by atoms with E-state index in [4.69, 9.17) is 37.9 Å². The average Bonchev–Trinajstić information content (AvgIpc) is 1.89. The predicted molar refractivity (Wildman–Crippen MR) is 379 cm³/mol. The number of carbonyl (C=O) groups is 9. The topological polar surface area (TPSA) is 237 Å². The van der Waals surface area contributed by atoms with Crippen LogP contribution in [0, 0.1) is 38.9 Å². The number of esters is 9. The van der Waals surface area contributed by atoms with Crippen molar-refractivity contribution in [2.75, 3.05) is 13.7 Å². The molecule has 0 heterocycles. The van der Waals surface area contributed by atoms with Gasteiger partial charge in [0.2, 0.25) is 0 Å². The first-order valence-corrected chi connectivity index (χ1v) is 33.4. The highest BCUT2D eigenvalue weighted by atomic mass is 16.6. The van der Waals surface area contributed by atoms with Gasteiger partial charge in [0.25, 0.3) is 0 Å². The Morgan fingerprint density at radius 2 is 0.789 bits per heavy atom. The van der Waals surface area contributed by atoms with Crippen molar-refractivity contribution in [3.05, 3.63) is 66.2 Å². The van der Waals surface area contributed by atoms with Crippen molar-refractivity contribution in [2.45, 2.75) is 314 Å². The molecule has 0 N–H and O–H groups in total. The minimum absolute atomic E-state index is 0.000000000000000666. The SMILES string of the molecule is CC(=O)OC(C)(C)C.CC(C)(C)C(=O)OC1CCCC1.CC(C)(C)C(=O)Oc1ccccc1.CC(C)(C)OC(=O)C1CCCC1.CC(C)(C)OC(=O)c1ccccc1.CC(C)C(=O)OC(C)(C)C.CC(C)OC(=O)C(C)(C)C.CCOC(=O)C(C)(C)C.COC(=O)C(C)(C)C. The number of carbonyl (C=O) groups excluding carboxylic acids is 9. The Bertz CT molecular complexity index is 2490. The normalized spacial score (nSPS) is 13.3. The van der Waals surface area contributed by atoms with Crippen LogP contribution in [0.5, 0.6) is 5.75 Å². The second-order valence-electron chi connectivity index (χ2n) is 32.7. The minimum atomic E-state index is -0.449. The zero-order chi connectivity index (χ0) is 76.0. The van der Waals surface area contributed by atoms with Crippen LogP contribution in [0.15, 0.2) is 60.7 Å². The highest BCUT2D eigenvalue weighted by molar-refractivity contribution is 5.89. The van der Waals surface area contributed by atoms with Crippen LogP contribution in [-0.4, -0.2) is 102 Å². The molecule has 0 aromatic heterocycles. The maximum absolute atomic E-state index is 11.4. The summed E-state index contributed by atoms with van der Waals surface area (Å²) in [5, 5.41) is 0. The third-order valence-corrected chi connectivity index (χ3v) is 11.2. The number of methoxy groups -OCH3 is 1. The lowest BCUT2D eigenvalue weighted by molar-refractivity contribution is -0.160. The number of rotatable bonds is 7. The van der Waals surface area contributed by atoms with E-state index in [1.54, 1.807) is 24.3 Å². The van der Waals surface area contributed by atoms with Crippen LogP contribution in [0.4, 0.5) is 0 Å². The van der Waals surface area contributed by atoms with Gasteiger partial charge in [0.05, 0.1) is 64.3 Å². The summed E-state index contributed by atoms with van der Waals surface area (Å²) in [4.78, 5) is 99.4. The third kappa shape index (κ3) is 61.0. The number of hydrogen-bond acceptors (Lipinski definition) is 18. The summed E-state index contributed by atoms with van der Waals surface area (Å²) in [6.07, 6.45) is 9.15. The van der Waals surface area contributed by atoms with E-state index in [2.05, 4.69) is 4.74 Å². The smallest absolute Gasteiger partial charge is 0.338 e. The van der Waals surface area contributed by atoms with Crippen LogP contribution >= 0.6 is 0 Å². The monoisotopic (exact) mass is 1350 g/mol. The van der Waals surface area contributed by atoms with E-state index < -0.39 is 11.0 Å². The van der Waals surface area contributed by atoms with Gasteiger partial charge in [0.15, 0.2) is 0 Å². The van der Waals surface area contributed by atoms with Crippen molar-refractivity contribution in [1.29, 1.82) is 0 Å². The zero-order valence-corrected chi connectivity index (χ0v) is 65.8. The van der Waals surface area contributed by atoms with Gasteiger partial charge in [0, 0.05) is 6.92 Å². The van der Waals surface area contributed by atoms with Crippen LogP contribution in [0.3, 0.4) is 0 Å². The lowest BCUT2D eigenvalue weighted by Gasteiger charge is -2.21. The first-order chi connectivity index (χ1) is 42.5. The largest absolute Gasteiger partial charge is 0.469 e. The van der Waals surface area contributed by atoms with Crippen molar-refractivity contribution in [2.24, 2.45) is 38.9 Å². The molecule has 0 atom stereocenters. The van der Waals surface area contributed by atoms with Crippen LogP contribution in [-0.2, 0) is 76.3 Å². The molecule has 0 spiro atoms. The molecule has 2 aromatic rings. The van der Waals surface area contributed by atoms with Crippen LogP contribution in [0.25, 0.3) is 0 Å². The van der Waals surface area contributed by atoms with Gasteiger partial charge < -0.3 is 42.6 Å². The van der Waals surface area contributed by atoms with E-state index in [0.29, 0.717) is 17.9 Å². The van der Waals surface area contributed by atoms with Crippen molar-refractivity contribution < 1.29 is 85.8 Å². The van der Waals surface area contributed by atoms with Crippen LogP contribution in [0.2, 0.25) is 0 Å². The average molecular weight is 1350 g/mol. The fraction of sp³-hybridized carbons (Fsp3) is 0.727. The molecule has 550 valence electrons. The molecule has 0 amide bonds. The molecule has 0 unspecified atom stereocenters. The molecule has 0 saturated heterocycles. The summed E-state index contributed by atoms with van der Waals surface area (Å²) >= 11 is 0. The quantitative estimate of drug-likeness (QED) is 0.142. The molecule has 2 aromatic carbocycles. The van der Waals surface area contributed by atoms with E-state index in [1.165, 1.54) is 39.7 Å². The van der Waals surface area contributed by atoms with Crippen molar-refractivity contribution in [3.63, 3.8) is 0 Å². The van der Waals surface area contributed by atoms with Gasteiger partial charge in [-0.25, -0.2) is 4.79 Å². The van der Waals surface area contributed by atoms with Gasteiger partial charge in [0.1, 0.15) is 34.3 Å². The lowest BCUT2D eigenvalue weighted by atomic mass is 9.97. The lowest BCUT2D eigenvalue weighted by Crippen LogP contribution is -2.27. The highest BCUT2D eigenvalue weighted by Crippen LogP contribution is 2.28. The molecule has 4 rings (SSSR count). The second-order valence-corrected chi connectivity index (χ2v) is 32.7. The Balaban J connectivity index is -0.000000322. The first-order valence-electron chi connectivity index (χ1n) is 33.4. The molecule has 18 heteroatoms. The molecule has 18 nitrogen and oxygen atoms in total. The fourth-order valence-corrected chi connectivity index (χ4v) is 6.44. The van der Waals surface area contributed by atoms with Gasteiger partial charge in [-0.1, -0.05) is 63.1 Å². The maximum atomic E-state index is 11.4. The summed E-state index contributed by atoms with van der Waals surface area (Å²) in [5.74, 6) is -0.581. The molecular formula is C77H134O18. The summed E-state index contributed by atoms with van der Waals surface area (Å²) in [7, 11) is 1.40. The fourth-order valence-electron chi connectivity index (χ4n) is 6.44. The molecule has 2 aliphatic rings. The third-order valence-electron chi connectivity index (χ3n) is 11.2.